The number of amides is 4. The summed E-state index contributed by atoms with van der Waals surface area (Å²) >= 11 is 3.32. The van der Waals surface area contributed by atoms with E-state index < -0.39 is 73.9 Å². The van der Waals surface area contributed by atoms with E-state index >= 15 is 0 Å². The summed E-state index contributed by atoms with van der Waals surface area (Å²) in [5, 5.41) is 9.54. The molecule has 4 amide bonds. The van der Waals surface area contributed by atoms with Crippen LogP contribution in [0.1, 0.15) is 92.2 Å². The summed E-state index contributed by atoms with van der Waals surface area (Å²) in [7, 11) is -4.02. The summed E-state index contributed by atoms with van der Waals surface area (Å²) in [4.78, 5) is 66.7. The summed E-state index contributed by atoms with van der Waals surface area (Å²) in [6.07, 6.45) is 6.89. The second-order valence-corrected chi connectivity index (χ2v) is 18.4. The van der Waals surface area contributed by atoms with Gasteiger partial charge in [-0.05, 0) is 88.2 Å². The van der Waals surface area contributed by atoms with Crippen LogP contribution in [0.15, 0.2) is 33.3 Å². The number of carbonyl (C=O) groups excluding carboxylic acids is 4. The van der Waals surface area contributed by atoms with Gasteiger partial charge in [-0.25, -0.2) is 22.8 Å². The van der Waals surface area contributed by atoms with E-state index in [1.807, 2.05) is 12.2 Å². The number of aromatic nitrogens is 3. The Labute approximate surface area is 325 Å². The molecular weight excluding hydrogens is 801 g/mol. The van der Waals surface area contributed by atoms with Crippen molar-refractivity contribution in [3.05, 3.63) is 57.3 Å². The number of nitrogens with zero attached hydrogens (tertiary/aromatic N) is 4. The van der Waals surface area contributed by atoms with E-state index in [4.69, 9.17) is 9.26 Å². The molecule has 0 unspecified atom stereocenters. The molecule has 1 saturated heterocycles. The van der Waals surface area contributed by atoms with Gasteiger partial charge < -0.3 is 24.8 Å². The number of sulfonamides is 1. The van der Waals surface area contributed by atoms with Crippen LogP contribution in [0.4, 0.5) is 4.39 Å². The minimum Gasteiger partial charge on any atom is -0.471 e. The number of benzene rings is 1. The second-order valence-electron chi connectivity index (χ2n) is 15.3. The first-order chi connectivity index (χ1) is 26.0. The van der Waals surface area contributed by atoms with Gasteiger partial charge in [-0.2, -0.15) is 0 Å². The topological polar surface area (TPSA) is 203 Å². The van der Waals surface area contributed by atoms with Gasteiger partial charge in [0.15, 0.2) is 5.69 Å². The van der Waals surface area contributed by atoms with E-state index in [9.17, 15) is 32.0 Å². The number of fused-ring (bicyclic) bond motifs is 3. The molecule has 18 heteroatoms. The van der Waals surface area contributed by atoms with Gasteiger partial charge in [0.1, 0.15) is 46.5 Å². The molecule has 4 aliphatic rings. The molecule has 2 saturated carbocycles. The number of carbonyl (C=O) groups is 4. The molecule has 0 bridgehead atoms. The zero-order valence-electron chi connectivity index (χ0n) is 30.9. The molecule has 2 aromatic heterocycles. The highest BCUT2D eigenvalue weighted by molar-refractivity contribution is 9.10. The lowest BCUT2D eigenvalue weighted by Gasteiger charge is -2.30. The number of halogens is 2. The molecule has 7 rings (SSSR count). The van der Waals surface area contributed by atoms with Gasteiger partial charge in [0.2, 0.25) is 27.7 Å². The van der Waals surface area contributed by atoms with Crippen molar-refractivity contribution in [1.82, 2.24) is 35.4 Å². The molecule has 4 heterocycles. The number of ether oxygens (including phenoxy) is 1. The third kappa shape index (κ3) is 7.58. The number of nitrogens with one attached hydrogen (secondary N) is 3. The largest absolute Gasteiger partial charge is 0.471 e. The first-order valence-corrected chi connectivity index (χ1v) is 20.7. The van der Waals surface area contributed by atoms with Crippen LogP contribution < -0.4 is 20.1 Å². The lowest BCUT2D eigenvalue weighted by Crippen LogP contribution is -2.58. The van der Waals surface area contributed by atoms with E-state index in [0.29, 0.717) is 52.7 Å². The average molecular weight is 845 g/mol. The van der Waals surface area contributed by atoms with Gasteiger partial charge >= 0.3 is 0 Å². The molecule has 1 aromatic carbocycles. The quantitative estimate of drug-likeness (QED) is 0.291. The van der Waals surface area contributed by atoms with Gasteiger partial charge in [0.25, 0.3) is 11.8 Å². The molecule has 2 aliphatic carbocycles. The van der Waals surface area contributed by atoms with E-state index in [2.05, 4.69) is 46.4 Å². The number of hydrogen-bond acceptors (Lipinski definition) is 11. The van der Waals surface area contributed by atoms with E-state index in [-0.39, 0.29) is 42.9 Å². The summed E-state index contributed by atoms with van der Waals surface area (Å²) < 4.78 is 53.6. The Morgan fingerprint density at radius 1 is 1.13 bits per heavy atom. The van der Waals surface area contributed by atoms with Crippen molar-refractivity contribution in [2.45, 2.75) is 114 Å². The predicted octanol–water partition coefficient (Wildman–Crippen LogP) is 3.99. The Morgan fingerprint density at radius 2 is 1.89 bits per heavy atom. The van der Waals surface area contributed by atoms with E-state index in [1.165, 1.54) is 17.0 Å². The minimum absolute atomic E-state index is 0.0411. The Kier molecular flexibility index (Phi) is 10.3. The summed E-state index contributed by atoms with van der Waals surface area (Å²) in [6, 6.07) is 0.246. The summed E-state index contributed by atoms with van der Waals surface area (Å²) in [5.74, 6) is -3.15. The Bertz CT molecular complexity index is 2230. The van der Waals surface area contributed by atoms with Crippen LogP contribution in [0.5, 0.6) is 5.88 Å². The average Bonchev–Trinajstić information content (AvgIpc) is 3.96. The third-order valence-corrected chi connectivity index (χ3v) is 14.0. The van der Waals surface area contributed by atoms with Gasteiger partial charge in [-0.1, -0.05) is 30.2 Å². The maximum Gasteiger partial charge on any atom is 0.274 e. The molecule has 3 N–H and O–H groups in total. The standard InChI is InChI=1S/C37H43BrFN7O8S/c1-19-21(3)54-44-29(19)32(48)41-26-11-9-7-5-6-8-10-22-17-37(22,35(50)45-55(51,52)36(4)12-13-36)43-31(47)28-16-24(18-46(28)34(26)49)53-33-20(2)40-30-25(38)14-23(39)15-27(30)42-33/h8,10,14-15,22,24,26,28H,5-7,9,11-13,16-18H2,1-4H3,(H,41,48)(H,43,47)(H,45,50)/t22-,24-,26+,28+,37-/m1/s1. The van der Waals surface area contributed by atoms with E-state index in [1.54, 1.807) is 27.7 Å². The van der Waals surface area contributed by atoms with Crippen LogP contribution in [-0.4, -0.2) is 87.1 Å². The van der Waals surface area contributed by atoms with Crippen LogP contribution >= 0.6 is 15.9 Å². The fourth-order valence-corrected chi connectivity index (χ4v) is 9.05. The number of aryl methyl sites for hydroxylation is 2. The van der Waals surface area contributed by atoms with Gasteiger partial charge in [-0.3, -0.25) is 23.9 Å². The number of allylic oxidation sites excluding steroid dienone is 1. The maximum absolute atomic E-state index is 14.6. The van der Waals surface area contributed by atoms with Crippen molar-refractivity contribution in [2.24, 2.45) is 5.92 Å². The third-order valence-electron chi connectivity index (χ3n) is 11.2. The Hall–Kier alpha value is -4.45. The maximum atomic E-state index is 14.6. The normalized spacial score (nSPS) is 26.6. The highest BCUT2D eigenvalue weighted by Gasteiger charge is 2.63. The zero-order valence-corrected chi connectivity index (χ0v) is 33.3. The fraction of sp³-hybridized carbons (Fsp3) is 0.541. The SMILES string of the molecule is Cc1nc2c(Br)cc(F)cc2nc1O[C@@H]1C[C@H]2C(=O)N[C@]3(C(=O)NS(=O)(=O)C4(C)CC4)C[C@H]3C=CCCCCC[C@H](NC(=O)c3noc(C)c3C)C(=O)N2C1. The van der Waals surface area contributed by atoms with Crippen LogP contribution in [0.2, 0.25) is 0 Å². The van der Waals surface area contributed by atoms with Gasteiger partial charge in [-0.15, -0.1) is 0 Å². The molecule has 3 aromatic rings. The summed E-state index contributed by atoms with van der Waals surface area (Å²) in [5.41, 5.74) is 0.0426. The molecule has 0 radical (unpaired) electrons. The highest BCUT2D eigenvalue weighted by Crippen LogP contribution is 2.47. The molecule has 0 spiro atoms. The van der Waals surface area contributed by atoms with Gasteiger partial charge in [0.05, 0.1) is 16.8 Å². The smallest absolute Gasteiger partial charge is 0.274 e. The highest BCUT2D eigenvalue weighted by atomic mass is 79.9. The molecule has 294 valence electrons. The van der Waals surface area contributed by atoms with Crippen molar-refractivity contribution in [1.29, 1.82) is 0 Å². The van der Waals surface area contributed by atoms with Crippen LogP contribution in [0, 0.1) is 32.5 Å². The Balaban J connectivity index is 1.21. The Morgan fingerprint density at radius 3 is 2.60 bits per heavy atom. The molecule has 2 aliphatic heterocycles. The lowest BCUT2D eigenvalue weighted by molar-refractivity contribution is -0.141. The number of hydrogen-bond donors (Lipinski definition) is 3. The minimum atomic E-state index is -4.02. The van der Waals surface area contributed by atoms with E-state index in [0.717, 1.165) is 12.8 Å². The van der Waals surface area contributed by atoms with Crippen LogP contribution in [0.3, 0.4) is 0 Å². The zero-order chi connectivity index (χ0) is 39.4. The predicted molar refractivity (Wildman–Crippen MR) is 200 cm³/mol. The molecule has 3 fully saturated rings. The van der Waals surface area contributed by atoms with Crippen molar-refractivity contribution >= 4 is 60.6 Å². The lowest BCUT2D eigenvalue weighted by atomic mass is 10.0. The fourth-order valence-electron chi connectivity index (χ4n) is 7.23. The molecule has 55 heavy (non-hydrogen) atoms. The summed E-state index contributed by atoms with van der Waals surface area (Å²) in [6.45, 7) is 6.49. The van der Waals surface area contributed by atoms with Crippen molar-refractivity contribution in [3.63, 3.8) is 0 Å². The number of rotatable bonds is 7. The van der Waals surface area contributed by atoms with Crippen molar-refractivity contribution < 1.29 is 41.2 Å². The first kappa shape index (κ1) is 38.8. The van der Waals surface area contributed by atoms with Crippen LogP contribution in [-0.2, 0) is 24.4 Å². The molecule has 5 atom stereocenters. The molecule has 15 nitrogen and oxygen atoms in total. The second kappa shape index (κ2) is 14.6. The van der Waals surface area contributed by atoms with Gasteiger partial charge in [0, 0.05) is 28.4 Å². The van der Waals surface area contributed by atoms with Crippen LogP contribution in [0.25, 0.3) is 11.0 Å². The first-order valence-electron chi connectivity index (χ1n) is 18.4. The van der Waals surface area contributed by atoms with Crippen molar-refractivity contribution in [3.8, 4) is 5.88 Å². The monoisotopic (exact) mass is 843 g/mol. The van der Waals surface area contributed by atoms with Crippen molar-refractivity contribution in [2.75, 3.05) is 6.54 Å². The molecular formula is C37H43BrFN7O8S.